The molecule has 2 aliphatic rings. The fourth-order valence-corrected chi connectivity index (χ4v) is 4.62. The summed E-state index contributed by atoms with van der Waals surface area (Å²) < 4.78 is 0. The molecule has 1 aliphatic heterocycles. The topological polar surface area (TPSA) is 108 Å². The zero-order chi connectivity index (χ0) is 23.5. The summed E-state index contributed by atoms with van der Waals surface area (Å²) in [4.78, 5) is 50.7. The number of hydrogen-bond donors (Lipinski definition) is 3. The number of urea groups is 1. The lowest BCUT2D eigenvalue weighted by Crippen LogP contribution is -2.51. The van der Waals surface area contributed by atoms with Crippen molar-refractivity contribution in [2.24, 2.45) is 11.3 Å². The summed E-state index contributed by atoms with van der Waals surface area (Å²) in [6, 6.07) is 6.21. The number of imide groups is 1. The Morgan fingerprint density at radius 1 is 1.12 bits per heavy atom. The van der Waals surface area contributed by atoms with Crippen LogP contribution in [0.4, 0.5) is 4.79 Å². The summed E-state index contributed by atoms with van der Waals surface area (Å²) in [7, 11) is 0. The van der Waals surface area contributed by atoms with Crippen LogP contribution in [0, 0.1) is 11.3 Å². The van der Waals surface area contributed by atoms with E-state index in [0.29, 0.717) is 23.8 Å². The van der Waals surface area contributed by atoms with Crippen LogP contribution in [0.3, 0.4) is 0 Å². The van der Waals surface area contributed by atoms with E-state index < -0.39 is 29.9 Å². The predicted molar refractivity (Wildman–Crippen MR) is 120 cm³/mol. The van der Waals surface area contributed by atoms with Gasteiger partial charge in [-0.2, -0.15) is 0 Å². The number of carbonyl (C=O) groups excluding carboxylic acids is 4. The van der Waals surface area contributed by atoms with E-state index in [1.54, 1.807) is 24.3 Å². The molecule has 174 valence electrons. The second-order valence-electron chi connectivity index (χ2n) is 9.42. The van der Waals surface area contributed by atoms with Crippen LogP contribution in [0.2, 0.25) is 5.02 Å². The molecule has 1 aliphatic carbocycles. The molecule has 5 amide bonds. The molecular weight excluding hydrogens is 432 g/mol. The van der Waals surface area contributed by atoms with Gasteiger partial charge in [0.15, 0.2) is 0 Å². The molecule has 1 aromatic carbocycles. The molecule has 1 aromatic rings. The third-order valence-electron chi connectivity index (χ3n) is 7.02. The average Bonchev–Trinajstić information content (AvgIpc) is 2.98. The van der Waals surface area contributed by atoms with Crippen LogP contribution in [0.1, 0.15) is 58.4 Å². The fraction of sp³-hybridized carbons (Fsp3) is 0.565. The van der Waals surface area contributed by atoms with Crippen LogP contribution < -0.4 is 16.2 Å². The van der Waals surface area contributed by atoms with E-state index >= 15 is 0 Å². The van der Waals surface area contributed by atoms with E-state index in [9.17, 15) is 19.2 Å². The number of carbonyl (C=O) groups is 4. The van der Waals surface area contributed by atoms with Crippen LogP contribution in [0.25, 0.3) is 0 Å². The Kier molecular flexibility index (Phi) is 7.12. The molecule has 0 atom stereocenters. The largest absolute Gasteiger partial charge is 0.325 e. The van der Waals surface area contributed by atoms with Gasteiger partial charge >= 0.3 is 6.03 Å². The molecule has 1 saturated carbocycles. The van der Waals surface area contributed by atoms with Gasteiger partial charge in [-0.15, -0.1) is 0 Å². The van der Waals surface area contributed by atoms with Crippen molar-refractivity contribution in [1.29, 1.82) is 0 Å². The van der Waals surface area contributed by atoms with Crippen molar-refractivity contribution in [2.75, 3.05) is 6.54 Å². The van der Waals surface area contributed by atoms with E-state index in [4.69, 9.17) is 11.6 Å². The van der Waals surface area contributed by atoms with Crippen LogP contribution in [-0.4, -0.2) is 40.7 Å². The monoisotopic (exact) mass is 462 g/mol. The van der Waals surface area contributed by atoms with Crippen molar-refractivity contribution >= 4 is 35.4 Å². The molecule has 32 heavy (non-hydrogen) atoms. The second-order valence-corrected chi connectivity index (χ2v) is 9.86. The van der Waals surface area contributed by atoms with Gasteiger partial charge in [-0.25, -0.2) is 4.79 Å². The van der Waals surface area contributed by atoms with Crippen molar-refractivity contribution in [2.45, 2.75) is 64.8 Å². The summed E-state index contributed by atoms with van der Waals surface area (Å²) in [5, 5.41) is 3.39. The van der Waals surface area contributed by atoms with E-state index in [2.05, 4.69) is 36.9 Å². The normalized spacial score (nSPS) is 23.2. The number of hydrazine groups is 1. The summed E-state index contributed by atoms with van der Waals surface area (Å²) in [6.07, 6.45) is 3.96. The number of halogens is 1. The minimum absolute atomic E-state index is 0.0545. The number of nitrogens with one attached hydrogen (secondary N) is 3. The zero-order valence-corrected chi connectivity index (χ0v) is 19.6. The highest BCUT2D eigenvalue weighted by molar-refractivity contribution is 6.30. The Hall–Kier alpha value is -2.61. The predicted octanol–water partition coefficient (Wildman–Crippen LogP) is 2.95. The summed E-state index contributed by atoms with van der Waals surface area (Å²) in [5.41, 5.74) is 4.58. The number of rotatable bonds is 6. The molecule has 3 rings (SSSR count). The molecule has 0 unspecified atom stereocenters. The van der Waals surface area contributed by atoms with Gasteiger partial charge in [-0.05, 0) is 54.7 Å². The lowest BCUT2D eigenvalue weighted by Gasteiger charge is -2.42. The van der Waals surface area contributed by atoms with Gasteiger partial charge in [-0.3, -0.25) is 30.1 Å². The highest BCUT2D eigenvalue weighted by Crippen LogP contribution is 2.45. The number of amides is 5. The molecule has 9 heteroatoms. The van der Waals surface area contributed by atoms with Crippen molar-refractivity contribution in [3.05, 3.63) is 34.9 Å². The quantitative estimate of drug-likeness (QED) is 0.446. The van der Waals surface area contributed by atoms with Crippen molar-refractivity contribution in [3.63, 3.8) is 0 Å². The Morgan fingerprint density at radius 2 is 1.72 bits per heavy atom. The van der Waals surface area contributed by atoms with Crippen LogP contribution in [0.5, 0.6) is 0 Å². The van der Waals surface area contributed by atoms with Crippen molar-refractivity contribution < 1.29 is 19.2 Å². The molecule has 1 spiro atoms. The van der Waals surface area contributed by atoms with Gasteiger partial charge in [0.1, 0.15) is 12.1 Å². The van der Waals surface area contributed by atoms with Crippen LogP contribution in [0.15, 0.2) is 24.3 Å². The Balaban J connectivity index is 1.50. The van der Waals surface area contributed by atoms with E-state index in [0.717, 1.165) is 29.7 Å². The first-order chi connectivity index (χ1) is 15.1. The minimum atomic E-state index is -0.921. The Bertz CT molecular complexity index is 892. The van der Waals surface area contributed by atoms with E-state index in [-0.39, 0.29) is 17.7 Å². The van der Waals surface area contributed by atoms with Gasteiger partial charge in [0.05, 0.1) is 6.42 Å². The van der Waals surface area contributed by atoms with Crippen molar-refractivity contribution in [3.8, 4) is 0 Å². The third kappa shape index (κ3) is 5.23. The molecule has 8 nitrogen and oxygen atoms in total. The molecule has 0 bridgehead atoms. The Labute approximate surface area is 193 Å². The van der Waals surface area contributed by atoms with Crippen LogP contribution in [-0.2, 0) is 20.8 Å². The van der Waals surface area contributed by atoms with E-state index in [1.165, 1.54) is 0 Å². The van der Waals surface area contributed by atoms with E-state index in [1.807, 2.05) is 0 Å². The maximum absolute atomic E-state index is 13.0. The maximum atomic E-state index is 13.0. The van der Waals surface area contributed by atoms with Crippen LogP contribution >= 0.6 is 11.6 Å². The molecular formula is C23H31ClN4O4. The number of hydrogen-bond acceptors (Lipinski definition) is 4. The second kappa shape index (κ2) is 9.48. The highest BCUT2D eigenvalue weighted by Gasteiger charge is 2.53. The molecule has 2 fully saturated rings. The van der Waals surface area contributed by atoms with Gasteiger partial charge in [0.25, 0.3) is 11.8 Å². The van der Waals surface area contributed by atoms with Gasteiger partial charge < -0.3 is 5.32 Å². The molecule has 3 N–H and O–H groups in total. The summed E-state index contributed by atoms with van der Waals surface area (Å²) in [5.74, 6) is -0.934. The summed E-state index contributed by atoms with van der Waals surface area (Å²) >= 11 is 5.82. The standard InChI is InChI=1S/C23H31ClN4O4/c1-4-22(2,3)16-9-11-23(12-10-16)20(31)28(21(32)25-23)14-19(30)27-26-18(29)13-15-5-7-17(24)8-6-15/h5-8,16H,4,9-14H2,1-3H3,(H,25,32)(H,26,29)(H,27,30). The summed E-state index contributed by atoms with van der Waals surface area (Å²) in [6.45, 7) is 6.20. The SMILES string of the molecule is CCC(C)(C)C1CCC2(CC1)NC(=O)N(CC(=O)NNC(=O)Cc1ccc(Cl)cc1)C2=O. The highest BCUT2D eigenvalue weighted by atomic mass is 35.5. The average molecular weight is 463 g/mol. The maximum Gasteiger partial charge on any atom is 0.325 e. The van der Waals surface area contributed by atoms with Crippen molar-refractivity contribution in [1.82, 2.24) is 21.1 Å². The van der Waals surface area contributed by atoms with Gasteiger partial charge in [0, 0.05) is 5.02 Å². The third-order valence-corrected chi connectivity index (χ3v) is 7.27. The first-order valence-electron chi connectivity index (χ1n) is 11.0. The zero-order valence-electron chi connectivity index (χ0n) is 18.8. The molecule has 0 aromatic heterocycles. The first-order valence-corrected chi connectivity index (χ1v) is 11.4. The molecule has 0 radical (unpaired) electrons. The molecule has 1 heterocycles. The smallest absolute Gasteiger partial charge is 0.323 e. The van der Waals surface area contributed by atoms with Gasteiger partial charge in [0.2, 0.25) is 5.91 Å². The number of benzene rings is 1. The fourth-order valence-electron chi connectivity index (χ4n) is 4.49. The number of nitrogens with zero attached hydrogens (tertiary/aromatic N) is 1. The lowest BCUT2D eigenvalue weighted by atomic mass is 9.65. The first kappa shape index (κ1) is 24.0. The lowest BCUT2D eigenvalue weighted by molar-refractivity contribution is -0.137. The molecule has 1 saturated heterocycles. The van der Waals surface area contributed by atoms with Gasteiger partial charge in [-0.1, -0.05) is 50.9 Å². The minimum Gasteiger partial charge on any atom is -0.323 e. The Morgan fingerprint density at radius 3 is 2.31 bits per heavy atom.